The third-order valence-corrected chi connectivity index (χ3v) is 2.78. The van der Waals surface area contributed by atoms with Crippen LogP contribution >= 0.6 is 27.5 Å². The molecule has 3 nitrogen and oxygen atoms in total. The van der Waals surface area contributed by atoms with E-state index in [0.29, 0.717) is 11.6 Å². The van der Waals surface area contributed by atoms with Crippen LogP contribution in [0.5, 0.6) is 0 Å². The number of benzene rings is 1. The molecule has 15 heavy (non-hydrogen) atoms. The first-order valence-electron chi connectivity index (χ1n) is 4.43. The van der Waals surface area contributed by atoms with Crippen molar-refractivity contribution >= 4 is 33.2 Å². The van der Waals surface area contributed by atoms with Crippen LogP contribution in [0, 0.1) is 0 Å². The summed E-state index contributed by atoms with van der Waals surface area (Å²) < 4.78 is 0.999. The summed E-state index contributed by atoms with van der Waals surface area (Å²) in [6, 6.07) is 7.61. The lowest BCUT2D eigenvalue weighted by atomic mass is 10.3. The van der Waals surface area contributed by atoms with Crippen LogP contribution in [0.4, 0.5) is 5.69 Å². The summed E-state index contributed by atoms with van der Waals surface area (Å²) in [4.78, 5) is 0. The molecule has 0 bridgehead atoms. The summed E-state index contributed by atoms with van der Waals surface area (Å²) in [5.41, 5.74) is 1.92. The monoisotopic (exact) mass is 285 g/mol. The van der Waals surface area contributed by atoms with E-state index < -0.39 is 0 Å². The molecule has 0 radical (unpaired) electrons. The van der Waals surface area contributed by atoms with Crippen LogP contribution in [-0.4, -0.2) is 10.2 Å². The van der Waals surface area contributed by atoms with Gasteiger partial charge in [0.1, 0.15) is 0 Å². The van der Waals surface area contributed by atoms with Gasteiger partial charge in [-0.25, -0.2) is 0 Å². The Morgan fingerprint density at radius 2 is 2.27 bits per heavy atom. The average molecular weight is 287 g/mol. The van der Waals surface area contributed by atoms with Gasteiger partial charge in [-0.1, -0.05) is 27.5 Å². The zero-order valence-electron chi connectivity index (χ0n) is 7.80. The Morgan fingerprint density at radius 3 is 3.00 bits per heavy atom. The Hall–Kier alpha value is -1.00. The Balaban J connectivity index is 2.07. The number of aromatic nitrogens is 2. The van der Waals surface area contributed by atoms with Crippen LogP contribution in [-0.2, 0) is 6.54 Å². The van der Waals surface area contributed by atoms with Crippen molar-refractivity contribution in [3.8, 4) is 0 Å². The fraction of sp³-hybridized carbons (Fsp3) is 0.100. The average Bonchev–Trinajstić information content (AvgIpc) is 2.72. The van der Waals surface area contributed by atoms with E-state index in [1.165, 1.54) is 0 Å². The molecule has 0 saturated carbocycles. The van der Waals surface area contributed by atoms with Crippen LogP contribution in [0.1, 0.15) is 5.69 Å². The maximum Gasteiger partial charge on any atom is 0.0638 e. The van der Waals surface area contributed by atoms with Gasteiger partial charge in [0.05, 0.1) is 22.9 Å². The molecule has 1 aromatic heterocycles. The van der Waals surface area contributed by atoms with Crippen molar-refractivity contribution in [2.24, 2.45) is 0 Å². The Kier molecular flexibility index (Phi) is 3.28. The second kappa shape index (κ2) is 4.68. The molecule has 0 saturated heterocycles. The number of nitrogens with one attached hydrogen (secondary N) is 2. The van der Waals surface area contributed by atoms with Crippen molar-refractivity contribution in [2.75, 3.05) is 5.32 Å². The van der Waals surface area contributed by atoms with Crippen molar-refractivity contribution < 1.29 is 0 Å². The molecule has 0 fully saturated rings. The number of H-pyrrole nitrogens is 1. The molecule has 0 atom stereocenters. The maximum atomic E-state index is 6.03. The smallest absolute Gasteiger partial charge is 0.0638 e. The summed E-state index contributed by atoms with van der Waals surface area (Å²) in [6.07, 6.45) is 1.72. The Labute approximate surface area is 101 Å². The molecule has 2 N–H and O–H groups in total. The normalized spacial score (nSPS) is 10.3. The van der Waals surface area contributed by atoms with Crippen LogP contribution in [0.3, 0.4) is 0 Å². The molecule has 1 heterocycles. The predicted molar refractivity (Wildman–Crippen MR) is 65.1 cm³/mol. The first-order valence-corrected chi connectivity index (χ1v) is 5.60. The quantitative estimate of drug-likeness (QED) is 0.907. The SMILES string of the molecule is Clc1ccc(Br)cc1NCc1ccn[nH]1. The molecule has 78 valence electrons. The van der Waals surface area contributed by atoms with E-state index in [-0.39, 0.29) is 0 Å². The molecule has 2 rings (SSSR count). The summed E-state index contributed by atoms with van der Waals surface area (Å²) in [7, 11) is 0. The first kappa shape index (κ1) is 10.5. The minimum atomic E-state index is 0.677. The number of hydrogen-bond acceptors (Lipinski definition) is 2. The number of anilines is 1. The molecule has 2 aromatic rings. The Bertz CT molecular complexity index is 442. The lowest BCUT2D eigenvalue weighted by Crippen LogP contribution is -2.00. The van der Waals surface area contributed by atoms with Gasteiger partial charge in [0.2, 0.25) is 0 Å². The van der Waals surface area contributed by atoms with E-state index in [2.05, 4.69) is 31.4 Å². The van der Waals surface area contributed by atoms with Crippen molar-refractivity contribution in [1.82, 2.24) is 10.2 Å². The second-order valence-corrected chi connectivity index (χ2v) is 4.38. The molecule has 1 aromatic carbocycles. The van der Waals surface area contributed by atoms with E-state index in [1.807, 2.05) is 24.3 Å². The number of aromatic amines is 1. The summed E-state index contributed by atoms with van der Waals surface area (Å²) in [5, 5.41) is 10.7. The minimum Gasteiger partial charge on any atom is -0.378 e. The van der Waals surface area contributed by atoms with E-state index >= 15 is 0 Å². The third kappa shape index (κ3) is 2.73. The standard InChI is InChI=1S/C10H9BrClN3/c11-7-1-2-9(12)10(5-7)13-6-8-3-4-14-15-8/h1-5,13H,6H2,(H,14,15). The van der Waals surface area contributed by atoms with Crippen LogP contribution in [0.15, 0.2) is 34.9 Å². The van der Waals surface area contributed by atoms with Crippen LogP contribution in [0.2, 0.25) is 5.02 Å². The Morgan fingerprint density at radius 1 is 1.40 bits per heavy atom. The number of halogens is 2. The number of nitrogens with zero attached hydrogens (tertiary/aromatic N) is 1. The van der Waals surface area contributed by atoms with Crippen molar-refractivity contribution in [3.63, 3.8) is 0 Å². The van der Waals surface area contributed by atoms with E-state index in [9.17, 15) is 0 Å². The molecule has 0 aliphatic carbocycles. The molecule has 0 aliphatic heterocycles. The van der Waals surface area contributed by atoms with Gasteiger partial charge in [-0.15, -0.1) is 0 Å². The summed E-state index contributed by atoms with van der Waals surface area (Å²) >= 11 is 9.42. The first-order chi connectivity index (χ1) is 7.25. The largest absolute Gasteiger partial charge is 0.378 e. The highest BCUT2D eigenvalue weighted by atomic mass is 79.9. The third-order valence-electron chi connectivity index (χ3n) is 1.96. The van der Waals surface area contributed by atoms with Gasteiger partial charge in [-0.3, -0.25) is 5.10 Å². The molecule has 0 aliphatic rings. The van der Waals surface area contributed by atoms with Gasteiger partial charge in [0.15, 0.2) is 0 Å². The highest BCUT2D eigenvalue weighted by molar-refractivity contribution is 9.10. The molecular formula is C10H9BrClN3. The van der Waals surface area contributed by atoms with Gasteiger partial charge in [-0.2, -0.15) is 5.10 Å². The van der Waals surface area contributed by atoms with Gasteiger partial charge in [-0.05, 0) is 24.3 Å². The second-order valence-electron chi connectivity index (χ2n) is 3.06. The van der Waals surface area contributed by atoms with Crippen molar-refractivity contribution in [3.05, 3.63) is 45.7 Å². The van der Waals surface area contributed by atoms with Gasteiger partial charge in [0.25, 0.3) is 0 Å². The zero-order valence-corrected chi connectivity index (χ0v) is 10.1. The summed E-state index contributed by atoms with van der Waals surface area (Å²) in [6.45, 7) is 0.677. The minimum absolute atomic E-state index is 0.677. The predicted octanol–water partition coefficient (Wildman–Crippen LogP) is 3.44. The number of hydrogen-bond donors (Lipinski definition) is 2. The topological polar surface area (TPSA) is 40.7 Å². The van der Waals surface area contributed by atoms with Crippen LogP contribution < -0.4 is 5.32 Å². The van der Waals surface area contributed by atoms with E-state index in [4.69, 9.17) is 11.6 Å². The van der Waals surface area contributed by atoms with Gasteiger partial charge < -0.3 is 5.32 Å². The van der Waals surface area contributed by atoms with E-state index in [1.54, 1.807) is 6.20 Å². The van der Waals surface area contributed by atoms with Gasteiger partial charge in [0, 0.05) is 10.7 Å². The molecule has 0 spiro atoms. The molecule has 0 amide bonds. The highest BCUT2D eigenvalue weighted by Gasteiger charge is 2.01. The number of rotatable bonds is 3. The molecule has 5 heteroatoms. The highest BCUT2D eigenvalue weighted by Crippen LogP contribution is 2.25. The molecular weight excluding hydrogens is 277 g/mol. The fourth-order valence-electron chi connectivity index (χ4n) is 1.21. The van der Waals surface area contributed by atoms with E-state index in [0.717, 1.165) is 15.9 Å². The van der Waals surface area contributed by atoms with Gasteiger partial charge >= 0.3 is 0 Å². The maximum absolute atomic E-state index is 6.03. The van der Waals surface area contributed by atoms with Crippen molar-refractivity contribution in [2.45, 2.75) is 6.54 Å². The summed E-state index contributed by atoms with van der Waals surface area (Å²) in [5.74, 6) is 0. The van der Waals surface area contributed by atoms with Crippen molar-refractivity contribution in [1.29, 1.82) is 0 Å². The molecule has 0 unspecified atom stereocenters. The lowest BCUT2D eigenvalue weighted by molar-refractivity contribution is 0.981. The lowest BCUT2D eigenvalue weighted by Gasteiger charge is -2.07. The zero-order chi connectivity index (χ0) is 10.7. The van der Waals surface area contributed by atoms with Crippen LogP contribution in [0.25, 0.3) is 0 Å². The fourth-order valence-corrected chi connectivity index (χ4v) is 1.75.